The van der Waals surface area contributed by atoms with Crippen LogP contribution >= 0.6 is 0 Å². The molecule has 0 bridgehead atoms. The van der Waals surface area contributed by atoms with E-state index in [1.54, 1.807) is 0 Å². The number of benzene rings is 1. The van der Waals surface area contributed by atoms with Crippen molar-refractivity contribution < 1.29 is 9.47 Å². The molecule has 0 amide bonds. The van der Waals surface area contributed by atoms with E-state index in [0.29, 0.717) is 12.7 Å². The molecule has 28 heavy (non-hydrogen) atoms. The van der Waals surface area contributed by atoms with E-state index in [1.165, 1.54) is 25.1 Å². The predicted octanol–water partition coefficient (Wildman–Crippen LogP) is 1.45. The number of nitrogens with one attached hydrogen (secondary N) is 1. The van der Waals surface area contributed by atoms with Gasteiger partial charge < -0.3 is 24.6 Å². The molecular formula is C21H33N5O2. The quantitative estimate of drug-likeness (QED) is 0.610. The SMILES string of the molecule is CCNC(=NCC1CCN(C)C1)N1CCN(Cc2ccc3c(c2)OCO3)CC1. The number of nitrogens with zero attached hydrogens (tertiary/aromatic N) is 4. The van der Waals surface area contributed by atoms with Crippen LogP contribution in [0.25, 0.3) is 0 Å². The molecule has 2 saturated heterocycles. The topological polar surface area (TPSA) is 52.6 Å². The van der Waals surface area contributed by atoms with Crippen LogP contribution in [0.5, 0.6) is 11.5 Å². The van der Waals surface area contributed by atoms with Crippen molar-refractivity contribution in [3.05, 3.63) is 23.8 Å². The molecule has 2 fully saturated rings. The van der Waals surface area contributed by atoms with Gasteiger partial charge in [0.15, 0.2) is 17.5 Å². The smallest absolute Gasteiger partial charge is 0.231 e. The summed E-state index contributed by atoms with van der Waals surface area (Å²) in [6, 6.07) is 6.27. The third kappa shape index (κ3) is 4.70. The minimum atomic E-state index is 0.334. The molecule has 1 atom stereocenters. The van der Waals surface area contributed by atoms with Crippen LogP contribution in [0.2, 0.25) is 0 Å². The van der Waals surface area contributed by atoms with E-state index in [0.717, 1.165) is 63.3 Å². The minimum Gasteiger partial charge on any atom is -0.454 e. The van der Waals surface area contributed by atoms with Gasteiger partial charge in [-0.15, -0.1) is 0 Å². The fraction of sp³-hybridized carbons (Fsp3) is 0.667. The number of fused-ring (bicyclic) bond motifs is 1. The van der Waals surface area contributed by atoms with Gasteiger partial charge in [-0.2, -0.15) is 0 Å². The van der Waals surface area contributed by atoms with Crippen LogP contribution in [0.3, 0.4) is 0 Å². The molecule has 7 heteroatoms. The molecular weight excluding hydrogens is 354 g/mol. The highest BCUT2D eigenvalue weighted by atomic mass is 16.7. The first kappa shape index (κ1) is 19.3. The summed E-state index contributed by atoms with van der Waals surface area (Å²) in [7, 11) is 2.20. The van der Waals surface area contributed by atoms with Crippen molar-refractivity contribution in [2.45, 2.75) is 19.9 Å². The van der Waals surface area contributed by atoms with Crippen molar-refractivity contribution >= 4 is 5.96 Å². The predicted molar refractivity (Wildman–Crippen MR) is 111 cm³/mol. The van der Waals surface area contributed by atoms with Crippen molar-refractivity contribution in [3.63, 3.8) is 0 Å². The van der Waals surface area contributed by atoms with Gasteiger partial charge in [-0.1, -0.05) is 6.07 Å². The maximum absolute atomic E-state index is 5.50. The fourth-order valence-electron chi connectivity index (χ4n) is 4.23. The number of guanidine groups is 1. The van der Waals surface area contributed by atoms with Crippen molar-refractivity contribution in [1.29, 1.82) is 0 Å². The average molecular weight is 388 g/mol. The lowest BCUT2D eigenvalue weighted by Gasteiger charge is -2.36. The van der Waals surface area contributed by atoms with Crippen LogP contribution in [-0.2, 0) is 6.54 Å². The normalized spacial score (nSPS) is 23.4. The Balaban J connectivity index is 1.29. The molecule has 7 nitrogen and oxygen atoms in total. The van der Waals surface area contributed by atoms with Gasteiger partial charge in [-0.25, -0.2) is 0 Å². The van der Waals surface area contributed by atoms with E-state index in [4.69, 9.17) is 14.5 Å². The van der Waals surface area contributed by atoms with Gasteiger partial charge in [-0.3, -0.25) is 9.89 Å². The van der Waals surface area contributed by atoms with E-state index < -0.39 is 0 Å². The Bertz CT molecular complexity index is 687. The number of hydrogen-bond donors (Lipinski definition) is 1. The third-order valence-electron chi connectivity index (χ3n) is 5.84. The molecule has 0 radical (unpaired) electrons. The van der Waals surface area contributed by atoms with Crippen molar-refractivity contribution in [1.82, 2.24) is 20.0 Å². The highest BCUT2D eigenvalue weighted by Gasteiger charge is 2.23. The lowest BCUT2D eigenvalue weighted by Crippen LogP contribution is -2.52. The minimum absolute atomic E-state index is 0.334. The molecule has 1 unspecified atom stereocenters. The van der Waals surface area contributed by atoms with Crippen LogP contribution < -0.4 is 14.8 Å². The van der Waals surface area contributed by atoms with E-state index in [1.807, 2.05) is 6.07 Å². The molecule has 4 rings (SSSR count). The number of ether oxygens (including phenoxy) is 2. The van der Waals surface area contributed by atoms with Crippen LogP contribution in [0.4, 0.5) is 0 Å². The molecule has 3 heterocycles. The number of aliphatic imine (C=N–C) groups is 1. The first-order valence-corrected chi connectivity index (χ1v) is 10.5. The summed E-state index contributed by atoms with van der Waals surface area (Å²) in [5, 5.41) is 3.49. The van der Waals surface area contributed by atoms with E-state index >= 15 is 0 Å². The maximum atomic E-state index is 5.50. The van der Waals surface area contributed by atoms with Gasteiger partial charge in [0.1, 0.15) is 0 Å². The average Bonchev–Trinajstić information content (AvgIpc) is 3.34. The second-order valence-electron chi connectivity index (χ2n) is 8.06. The Morgan fingerprint density at radius 1 is 1.14 bits per heavy atom. The van der Waals surface area contributed by atoms with Gasteiger partial charge in [-0.05, 0) is 50.6 Å². The Hall–Kier alpha value is -1.99. The summed E-state index contributed by atoms with van der Waals surface area (Å²) >= 11 is 0. The van der Waals surface area contributed by atoms with Gasteiger partial charge >= 0.3 is 0 Å². The van der Waals surface area contributed by atoms with Crippen LogP contribution in [-0.4, -0.2) is 86.9 Å². The van der Waals surface area contributed by atoms with Crippen LogP contribution in [0, 0.1) is 5.92 Å². The number of hydrogen-bond acceptors (Lipinski definition) is 5. The third-order valence-corrected chi connectivity index (χ3v) is 5.84. The van der Waals surface area contributed by atoms with Crippen LogP contribution in [0.15, 0.2) is 23.2 Å². The van der Waals surface area contributed by atoms with E-state index in [2.05, 4.69) is 46.1 Å². The molecule has 0 saturated carbocycles. The Kier molecular flexibility index (Phi) is 6.22. The molecule has 3 aliphatic heterocycles. The van der Waals surface area contributed by atoms with Gasteiger partial charge in [0.25, 0.3) is 0 Å². The molecule has 1 aromatic carbocycles. The zero-order chi connectivity index (χ0) is 19.3. The lowest BCUT2D eigenvalue weighted by molar-refractivity contribution is 0.171. The Morgan fingerprint density at radius 2 is 1.96 bits per heavy atom. The summed E-state index contributed by atoms with van der Waals surface area (Å²) in [6.07, 6.45) is 1.27. The number of rotatable bonds is 5. The second kappa shape index (κ2) is 9.01. The van der Waals surface area contributed by atoms with E-state index in [-0.39, 0.29) is 0 Å². The Labute approximate surface area is 168 Å². The summed E-state index contributed by atoms with van der Waals surface area (Å²) in [5.74, 6) is 3.51. The van der Waals surface area contributed by atoms with Crippen molar-refractivity contribution in [2.24, 2.45) is 10.9 Å². The molecule has 1 aromatic rings. The summed E-state index contributed by atoms with van der Waals surface area (Å²) in [5.41, 5.74) is 1.28. The molecule has 1 N–H and O–H groups in total. The van der Waals surface area contributed by atoms with Gasteiger partial charge in [0, 0.05) is 52.4 Å². The van der Waals surface area contributed by atoms with Crippen molar-refractivity contribution in [3.8, 4) is 11.5 Å². The van der Waals surface area contributed by atoms with Crippen LogP contribution in [0.1, 0.15) is 18.9 Å². The lowest BCUT2D eigenvalue weighted by atomic mass is 10.1. The fourth-order valence-corrected chi connectivity index (χ4v) is 4.23. The Morgan fingerprint density at radius 3 is 2.71 bits per heavy atom. The number of piperazine rings is 1. The first-order valence-electron chi connectivity index (χ1n) is 10.5. The molecule has 0 aromatic heterocycles. The van der Waals surface area contributed by atoms with Gasteiger partial charge in [0.2, 0.25) is 6.79 Å². The largest absolute Gasteiger partial charge is 0.454 e. The molecule has 154 valence electrons. The molecule has 3 aliphatic rings. The second-order valence-corrected chi connectivity index (χ2v) is 8.06. The van der Waals surface area contributed by atoms with Crippen molar-refractivity contribution in [2.75, 3.05) is 66.2 Å². The summed E-state index contributed by atoms with van der Waals surface area (Å²) in [4.78, 5) is 12.3. The standard InChI is InChI=1S/C21H33N5O2/c1-3-22-21(23-13-18-6-7-24(2)14-18)26-10-8-25(9-11-26)15-17-4-5-19-20(12-17)28-16-27-19/h4-5,12,18H,3,6-11,13-16H2,1-2H3,(H,22,23). The highest BCUT2D eigenvalue weighted by molar-refractivity contribution is 5.80. The molecule has 0 spiro atoms. The monoisotopic (exact) mass is 387 g/mol. The zero-order valence-corrected chi connectivity index (χ0v) is 17.2. The van der Waals surface area contributed by atoms with Gasteiger partial charge in [0.05, 0.1) is 0 Å². The summed E-state index contributed by atoms with van der Waals surface area (Å²) < 4.78 is 10.9. The summed E-state index contributed by atoms with van der Waals surface area (Å²) in [6.45, 7) is 11.8. The van der Waals surface area contributed by atoms with E-state index in [9.17, 15) is 0 Å². The first-order chi connectivity index (χ1) is 13.7. The zero-order valence-electron chi connectivity index (χ0n) is 17.2. The number of likely N-dealkylation sites (tertiary alicyclic amines) is 1. The maximum Gasteiger partial charge on any atom is 0.231 e. The molecule has 0 aliphatic carbocycles. The highest BCUT2D eigenvalue weighted by Crippen LogP contribution is 2.32.